The van der Waals surface area contributed by atoms with Crippen molar-refractivity contribution in [2.24, 2.45) is 0 Å². The summed E-state index contributed by atoms with van der Waals surface area (Å²) >= 11 is 4.29. The van der Waals surface area contributed by atoms with Gasteiger partial charge in [0.15, 0.2) is 5.69 Å². The second kappa shape index (κ2) is 3.77. The topological polar surface area (TPSA) is 59.1 Å². The fourth-order valence-electron chi connectivity index (χ4n) is 0.594. The van der Waals surface area contributed by atoms with E-state index in [9.17, 15) is 9.59 Å². The lowest BCUT2D eigenvalue weighted by Crippen LogP contribution is -2.28. The Balaban J connectivity index is 2.78. The van der Waals surface area contributed by atoms with Crippen LogP contribution in [0.3, 0.4) is 0 Å². The van der Waals surface area contributed by atoms with Crippen LogP contribution < -0.4 is 5.32 Å². The smallest absolute Gasteiger partial charge is 0.278 e. The van der Waals surface area contributed by atoms with E-state index in [0.717, 1.165) is 11.5 Å². The number of rotatable bonds is 1. The van der Waals surface area contributed by atoms with Crippen LogP contribution in [-0.2, 0) is 4.79 Å². The maximum absolute atomic E-state index is 11.1. The molecule has 0 bridgehead atoms. The molecular weight excluding hydrogens is 244 g/mol. The van der Waals surface area contributed by atoms with Gasteiger partial charge in [-0.05, 0) is 27.5 Å². The largest absolute Gasteiger partial charge is 0.291 e. The fourth-order valence-corrected chi connectivity index (χ4v) is 1.77. The lowest BCUT2D eigenvalue weighted by molar-refractivity contribution is -0.118. The molecule has 0 spiro atoms. The number of amides is 2. The zero-order valence-corrected chi connectivity index (χ0v) is 8.53. The molecule has 0 saturated heterocycles. The van der Waals surface area contributed by atoms with Crippen LogP contribution in [0.5, 0.6) is 0 Å². The standard InChI is InChI=1S/C6H5BrN2O2S/c1-3(10)8-6(11)5-4(7)2-12-9-5/h2H,1H3,(H,8,10,11). The number of carbonyl (C=O) groups is 2. The van der Waals surface area contributed by atoms with Crippen molar-refractivity contribution >= 4 is 39.3 Å². The summed E-state index contributed by atoms with van der Waals surface area (Å²) in [7, 11) is 0. The van der Waals surface area contributed by atoms with E-state index >= 15 is 0 Å². The van der Waals surface area contributed by atoms with E-state index in [1.54, 1.807) is 5.38 Å². The molecule has 1 aromatic rings. The molecule has 0 aliphatic heterocycles. The number of hydrogen-bond donors (Lipinski definition) is 1. The van der Waals surface area contributed by atoms with Gasteiger partial charge in [0.2, 0.25) is 5.91 Å². The third-order valence-corrected chi connectivity index (χ3v) is 2.57. The van der Waals surface area contributed by atoms with Gasteiger partial charge in [-0.3, -0.25) is 14.9 Å². The zero-order chi connectivity index (χ0) is 9.14. The third kappa shape index (κ3) is 2.12. The van der Waals surface area contributed by atoms with Gasteiger partial charge < -0.3 is 0 Å². The Morgan fingerprint density at radius 2 is 2.33 bits per heavy atom. The van der Waals surface area contributed by atoms with Gasteiger partial charge in [-0.25, -0.2) is 0 Å². The Morgan fingerprint density at radius 1 is 1.67 bits per heavy atom. The quantitative estimate of drug-likeness (QED) is 0.813. The molecule has 2 amide bonds. The van der Waals surface area contributed by atoms with Crippen LogP contribution in [0.15, 0.2) is 9.85 Å². The molecule has 1 N–H and O–H groups in total. The van der Waals surface area contributed by atoms with E-state index in [0.29, 0.717) is 4.47 Å². The molecule has 0 radical (unpaired) electrons. The normalized spacial score (nSPS) is 9.50. The van der Waals surface area contributed by atoms with Crippen LogP contribution in [0.25, 0.3) is 0 Å². The number of nitrogens with one attached hydrogen (secondary N) is 1. The van der Waals surface area contributed by atoms with Gasteiger partial charge in [-0.15, -0.1) is 0 Å². The summed E-state index contributed by atoms with van der Waals surface area (Å²) in [6, 6.07) is 0. The summed E-state index contributed by atoms with van der Waals surface area (Å²) in [6.07, 6.45) is 0. The minimum Gasteiger partial charge on any atom is -0.291 e. The molecule has 1 aromatic heterocycles. The summed E-state index contributed by atoms with van der Waals surface area (Å²) < 4.78 is 4.40. The van der Waals surface area contributed by atoms with Crippen molar-refractivity contribution in [3.05, 3.63) is 15.5 Å². The fraction of sp³-hybridized carbons (Fsp3) is 0.167. The van der Waals surface area contributed by atoms with Crippen LogP contribution in [0.1, 0.15) is 17.4 Å². The second-order valence-corrected chi connectivity index (χ2v) is 3.50. The monoisotopic (exact) mass is 248 g/mol. The van der Waals surface area contributed by atoms with E-state index < -0.39 is 5.91 Å². The highest BCUT2D eigenvalue weighted by Crippen LogP contribution is 2.16. The first kappa shape index (κ1) is 9.34. The van der Waals surface area contributed by atoms with Gasteiger partial charge in [0.1, 0.15) is 0 Å². The summed E-state index contributed by atoms with van der Waals surface area (Å²) in [4.78, 5) is 21.6. The summed E-state index contributed by atoms with van der Waals surface area (Å²) in [5, 5.41) is 3.80. The number of nitrogens with zero attached hydrogens (tertiary/aromatic N) is 1. The Morgan fingerprint density at radius 3 is 2.75 bits per heavy atom. The Hall–Kier alpha value is -0.750. The number of halogens is 1. The van der Waals surface area contributed by atoms with Gasteiger partial charge in [-0.1, -0.05) is 0 Å². The van der Waals surface area contributed by atoms with Gasteiger partial charge in [-0.2, -0.15) is 4.37 Å². The second-order valence-electron chi connectivity index (χ2n) is 2.02. The molecule has 0 unspecified atom stereocenters. The van der Waals surface area contributed by atoms with Gasteiger partial charge in [0, 0.05) is 12.3 Å². The minimum absolute atomic E-state index is 0.246. The van der Waals surface area contributed by atoms with Crippen molar-refractivity contribution in [1.82, 2.24) is 9.69 Å². The highest BCUT2D eigenvalue weighted by molar-refractivity contribution is 9.10. The number of imide groups is 1. The van der Waals surface area contributed by atoms with Crippen LogP contribution in [0.2, 0.25) is 0 Å². The van der Waals surface area contributed by atoms with Crippen LogP contribution in [-0.4, -0.2) is 16.2 Å². The van der Waals surface area contributed by atoms with Crippen molar-refractivity contribution in [1.29, 1.82) is 0 Å². The van der Waals surface area contributed by atoms with Crippen molar-refractivity contribution in [3.8, 4) is 0 Å². The third-order valence-electron chi connectivity index (χ3n) is 1.03. The van der Waals surface area contributed by atoms with E-state index in [2.05, 4.69) is 25.6 Å². The maximum Gasteiger partial charge on any atom is 0.278 e. The molecule has 0 aliphatic rings. The first-order chi connectivity index (χ1) is 5.61. The molecule has 64 valence electrons. The Kier molecular flexibility index (Phi) is 2.93. The molecule has 1 heterocycles. The highest BCUT2D eigenvalue weighted by Gasteiger charge is 2.13. The number of hydrogen-bond acceptors (Lipinski definition) is 4. The molecular formula is C6H5BrN2O2S. The molecule has 12 heavy (non-hydrogen) atoms. The predicted octanol–water partition coefficient (Wildman–Crippen LogP) is 1.18. The molecule has 0 saturated carbocycles. The maximum atomic E-state index is 11.1. The van der Waals surface area contributed by atoms with E-state index in [1.165, 1.54) is 6.92 Å². The first-order valence-electron chi connectivity index (χ1n) is 3.03. The van der Waals surface area contributed by atoms with Gasteiger partial charge in [0.25, 0.3) is 5.91 Å². The molecule has 0 aliphatic carbocycles. The predicted molar refractivity (Wildman–Crippen MR) is 48.0 cm³/mol. The molecule has 1 rings (SSSR count). The Bertz CT molecular complexity index is 323. The summed E-state index contributed by atoms with van der Waals surface area (Å²) in [5.41, 5.74) is 0.246. The first-order valence-corrected chi connectivity index (χ1v) is 4.66. The van der Waals surface area contributed by atoms with Crippen molar-refractivity contribution in [2.45, 2.75) is 6.92 Å². The van der Waals surface area contributed by atoms with Crippen molar-refractivity contribution < 1.29 is 9.59 Å². The van der Waals surface area contributed by atoms with E-state index in [-0.39, 0.29) is 11.6 Å². The molecule has 4 nitrogen and oxygen atoms in total. The van der Waals surface area contributed by atoms with E-state index in [4.69, 9.17) is 0 Å². The van der Waals surface area contributed by atoms with E-state index in [1.807, 2.05) is 0 Å². The van der Waals surface area contributed by atoms with Gasteiger partial charge >= 0.3 is 0 Å². The Labute approximate surface area is 81.3 Å². The molecule has 0 fully saturated rings. The zero-order valence-electron chi connectivity index (χ0n) is 6.13. The van der Waals surface area contributed by atoms with Crippen molar-refractivity contribution in [2.75, 3.05) is 0 Å². The molecule has 0 aromatic carbocycles. The average molecular weight is 249 g/mol. The van der Waals surface area contributed by atoms with Gasteiger partial charge in [0.05, 0.1) is 4.47 Å². The van der Waals surface area contributed by atoms with Crippen LogP contribution >= 0.6 is 27.5 Å². The lowest BCUT2D eigenvalue weighted by atomic mass is 10.4. The summed E-state index contributed by atoms with van der Waals surface area (Å²) in [5.74, 6) is -0.865. The SMILES string of the molecule is CC(=O)NC(=O)c1nscc1Br. The summed E-state index contributed by atoms with van der Waals surface area (Å²) in [6.45, 7) is 1.28. The molecule has 0 atom stereocenters. The number of carbonyl (C=O) groups excluding carboxylic acids is 2. The van der Waals surface area contributed by atoms with Crippen LogP contribution in [0, 0.1) is 0 Å². The lowest BCUT2D eigenvalue weighted by Gasteiger charge is -1.96. The minimum atomic E-state index is -0.476. The van der Waals surface area contributed by atoms with Crippen molar-refractivity contribution in [3.63, 3.8) is 0 Å². The number of aromatic nitrogens is 1. The average Bonchev–Trinajstić information content (AvgIpc) is 2.33. The van der Waals surface area contributed by atoms with Crippen LogP contribution in [0.4, 0.5) is 0 Å². The highest BCUT2D eigenvalue weighted by atomic mass is 79.9. The molecule has 6 heteroatoms.